The van der Waals surface area contributed by atoms with E-state index in [1.807, 2.05) is 13.0 Å². The van der Waals surface area contributed by atoms with Crippen LogP contribution in [0.3, 0.4) is 0 Å². The van der Waals surface area contributed by atoms with Gasteiger partial charge in [0.15, 0.2) is 5.60 Å². The van der Waals surface area contributed by atoms with Gasteiger partial charge < -0.3 is 19.8 Å². The number of benzene rings is 1. The van der Waals surface area contributed by atoms with Crippen molar-refractivity contribution in [1.82, 2.24) is 4.90 Å². The average molecular weight is 302 g/mol. The lowest BCUT2D eigenvalue weighted by Crippen LogP contribution is -2.58. The number of primary amides is 1. The number of hydrogen-bond donors (Lipinski definition) is 1. The van der Waals surface area contributed by atoms with Gasteiger partial charge in [0.2, 0.25) is 0 Å². The summed E-state index contributed by atoms with van der Waals surface area (Å²) in [6, 6.07) is 7.19. The predicted molar refractivity (Wildman–Crippen MR) is 80.4 cm³/mol. The second-order valence-corrected chi connectivity index (χ2v) is 5.78. The van der Waals surface area contributed by atoms with Crippen LogP contribution >= 0.6 is 0 Å². The quantitative estimate of drug-likeness (QED) is 0.910. The molecule has 6 heteroatoms. The monoisotopic (exact) mass is 302 g/mol. The van der Waals surface area contributed by atoms with Gasteiger partial charge in [-0.15, -0.1) is 0 Å². The number of amides is 2. The van der Waals surface area contributed by atoms with Crippen molar-refractivity contribution in [3.63, 3.8) is 0 Å². The Hall–Kier alpha value is -2.34. The smallest absolute Gasteiger partial charge is 0.254 e. The molecule has 1 aliphatic rings. The average Bonchev–Trinajstić information content (AvgIpc) is 2.85. The zero-order valence-electron chi connectivity index (χ0n) is 12.6. The molecule has 116 valence electrons. The summed E-state index contributed by atoms with van der Waals surface area (Å²) in [5.74, 6) is 0.0923. The summed E-state index contributed by atoms with van der Waals surface area (Å²) in [5, 5.41) is 0.884. The van der Waals surface area contributed by atoms with E-state index in [-0.39, 0.29) is 19.1 Å². The highest BCUT2D eigenvalue weighted by Crippen LogP contribution is 2.23. The number of nitrogens with zero attached hydrogens (tertiary/aromatic N) is 1. The van der Waals surface area contributed by atoms with Crippen molar-refractivity contribution in [1.29, 1.82) is 0 Å². The number of hydrogen-bond acceptors (Lipinski definition) is 4. The van der Waals surface area contributed by atoms with Crippen LogP contribution in [-0.4, -0.2) is 42.0 Å². The van der Waals surface area contributed by atoms with E-state index >= 15 is 0 Å². The standard InChI is InChI=1S/C16H18N2O4/c1-10-7-12-8-11(3-4-13(12)22-10)14(19)18-5-6-21-16(2,9-18)15(17)20/h3-4,7-8H,5-6,9H2,1-2H3,(H2,17,20)/t16-/m1/s1. The maximum absolute atomic E-state index is 12.6. The molecule has 0 spiro atoms. The van der Waals surface area contributed by atoms with Gasteiger partial charge in [-0.2, -0.15) is 0 Å². The largest absolute Gasteiger partial charge is 0.461 e. The topological polar surface area (TPSA) is 85.8 Å². The predicted octanol–water partition coefficient (Wildman–Crippen LogP) is 1.46. The first-order chi connectivity index (χ1) is 10.4. The zero-order valence-corrected chi connectivity index (χ0v) is 12.6. The van der Waals surface area contributed by atoms with Crippen LogP contribution < -0.4 is 5.73 Å². The van der Waals surface area contributed by atoms with Gasteiger partial charge >= 0.3 is 0 Å². The van der Waals surface area contributed by atoms with Crippen LogP contribution in [-0.2, 0) is 9.53 Å². The Balaban J connectivity index is 1.87. The fourth-order valence-electron chi connectivity index (χ4n) is 2.68. The number of carbonyl (C=O) groups excluding carboxylic acids is 2. The number of carbonyl (C=O) groups is 2. The third-order valence-corrected chi connectivity index (χ3v) is 3.97. The summed E-state index contributed by atoms with van der Waals surface area (Å²) in [6.07, 6.45) is 0. The van der Waals surface area contributed by atoms with Gasteiger partial charge in [0.1, 0.15) is 11.3 Å². The van der Waals surface area contributed by atoms with E-state index < -0.39 is 11.5 Å². The summed E-state index contributed by atoms with van der Waals surface area (Å²) in [6.45, 7) is 4.35. The molecule has 6 nitrogen and oxygen atoms in total. The van der Waals surface area contributed by atoms with E-state index in [1.165, 1.54) is 0 Å². The van der Waals surface area contributed by atoms with Crippen molar-refractivity contribution >= 4 is 22.8 Å². The third-order valence-electron chi connectivity index (χ3n) is 3.97. The van der Waals surface area contributed by atoms with E-state index in [1.54, 1.807) is 30.0 Å². The van der Waals surface area contributed by atoms with Crippen LogP contribution in [0.5, 0.6) is 0 Å². The minimum absolute atomic E-state index is 0.142. The molecule has 2 heterocycles. The van der Waals surface area contributed by atoms with Crippen LogP contribution in [0.1, 0.15) is 23.0 Å². The highest BCUT2D eigenvalue weighted by molar-refractivity contribution is 5.98. The number of furan rings is 1. The van der Waals surface area contributed by atoms with Crippen LogP contribution in [0.4, 0.5) is 0 Å². The van der Waals surface area contributed by atoms with Gasteiger partial charge in [-0.25, -0.2) is 0 Å². The number of ether oxygens (including phenoxy) is 1. The van der Waals surface area contributed by atoms with Gasteiger partial charge in [0.25, 0.3) is 11.8 Å². The Morgan fingerprint density at radius 2 is 2.09 bits per heavy atom. The minimum atomic E-state index is -1.13. The lowest BCUT2D eigenvalue weighted by atomic mass is 10.0. The molecule has 0 radical (unpaired) electrons. The molecule has 1 aliphatic heterocycles. The van der Waals surface area contributed by atoms with Crippen molar-refractivity contribution in [2.45, 2.75) is 19.4 Å². The number of morpholine rings is 1. The molecule has 1 saturated heterocycles. The third kappa shape index (κ3) is 2.46. The zero-order chi connectivity index (χ0) is 15.9. The molecule has 2 amide bonds. The molecule has 0 unspecified atom stereocenters. The van der Waals surface area contributed by atoms with Crippen molar-refractivity contribution in [3.8, 4) is 0 Å². The van der Waals surface area contributed by atoms with Crippen molar-refractivity contribution in [2.75, 3.05) is 19.7 Å². The summed E-state index contributed by atoms with van der Waals surface area (Å²) in [7, 11) is 0. The molecule has 1 aromatic carbocycles. The molecule has 1 aromatic heterocycles. The SMILES string of the molecule is Cc1cc2cc(C(=O)N3CCO[C@@](C)(C(N)=O)C3)ccc2o1. The van der Waals surface area contributed by atoms with Gasteiger partial charge in [-0.05, 0) is 38.1 Å². The van der Waals surface area contributed by atoms with Gasteiger partial charge in [-0.1, -0.05) is 0 Å². The van der Waals surface area contributed by atoms with E-state index in [2.05, 4.69) is 0 Å². The number of rotatable bonds is 2. The first kappa shape index (κ1) is 14.6. The Bertz CT molecular complexity index is 752. The van der Waals surface area contributed by atoms with Crippen LogP contribution in [0, 0.1) is 6.92 Å². The first-order valence-electron chi connectivity index (χ1n) is 7.12. The van der Waals surface area contributed by atoms with Crippen LogP contribution in [0.2, 0.25) is 0 Å². The fourth-order valence-corrected chi connectivity index (χ4v) is 2.68. The molecule has 0 bridgehead atoms. The Kier molecular flexibility index (Phi) is 3.41. The Labute approximate surface area is 127 Å². The van der Waals surface area contributed by atoms with E-state index in [0.717, 1.165) is 16.7 Å². The van der Waals surface area contributed by atoms with Crippen molar-refractivity contribution in [2.24, 2.45) is 5.73 Å². The van der Waals surface area contributed by atoms with Crippen molar-refractivity contribution in [3.05, 3.63) is 35.6 Å². The lowest BCUT2D eigenvalue weighted by molar-refractivity contribution is -0.150. The van der Waals surface area contributed by atoms with Gasteiger partial charge in [0.05, 0.1) is 13.2 Å². The van der Waals surface area contributed by atoms with Gasteiger partial charge in [0, 0.05) is 17.5 Å². The first-order valence-corrected chi connectivity index (χ1v) is 7.12. The van der Waals surface area contributed by atoms with E-state index in [4.69, 9.17) is 14.9 Å². The molecular weight excluding hydrogens is 284 g/mol. The second-order valence-electron chi connectivity index (χ2n) is 5.78. The fraction of sp³-hybridized carbons (Fsp3) is 0.375. The molecule has 0 aliphatic carbocycles. The summed E-state index contributed by atoms with van der Waals surface area (Å²) in [5.41, 5.74) is 5.54. The molecule has 1 atom stereocenters. The summed E-state index contributed by atoms with van der Waals surface area (Å²) in [4.78, 5) is 25.8. The molecule has 22 heavy (non-hydrogen) atoms. The minimum Gasteiger partial charge on any atom is -0.461 e. The summed E-state index contributed by atoms with van der Waals surface area (Å²) >= 11 is 0. The maximum atomic E-state index is 12.6. The summed E-state index contributed by atoms with van der Waals surface area (Å²) < 4.78 is 10.9. The Morgan fingerprint density at radius 3 is 2.82 bits per heavy atom. The number of aryl methyl sites for hydroxylation is 1. The van der Waals surface area contributed by atoms with E-state index in [9.17, 15) is 9.59 Å². The number of fused-ring (bicyclic) bond motifs is 1. The normalized spacial score (nSPS) is 22.0. The molecule has 2 aromatic rings. The highest BCUT2D eigenvalue weighted by atomic mass is 16.5. The van der Waals surface area contributed by atoms with Gasteiger partial charge in [-0.3, -0.25) is 9.59 Å². The molecular formula is C16H18N2O4. The van der Waals surface area contributed by atoms with Crippen LogP contribution in [0.15, 0.2) is 28.7 Å². The molecule has 3 rings (SSSR count). The van der Waals surface area contributed by atoms with E-state index in [0.29, 0.717) is 12.1 Å². The molecule has 0 saturated carbocycles. The van der Waals surface area contributed by atoms with Crippen molar-refractivity contribution < 1.29 is 18.7 Å². The lowest BCUT2D eigenvalue weighted by Gasteiger charge is -2.38. The number of nitrogens with two attached hydrogens (primary N) is 1. The molecule has 2 N–H and O–H groups in total. The Morgan fingerprint density at radius 1 is 1.32 bits per heavy atom. The molecule has 1 fully saturated rings. The highest BCUT2D eigenvalue weighted by Gasteiger charge is 2.39. The maximum Gasteiger partial charge on any atom is 0.254 e. The van der Waals surface area contributed by atoms with Crippen LogP contribution in [0.25, 0.3) is 11.0 Å². The second kappa shape index (κ2) is 5.14.